The molecule has 0 saturated carbocycles. The van der Waals surface area contributed by atoms with Gasteiger partial charge in [-0.15, -0.1) is 0 Å². The molecule has 6 heteroatoms. The van der Waals surface area contributed by atoms with Crippen LogP contribution in [0.3, 0.4) is 0 Å². The third-order valence-corrected chi connectivity index (χ3v) is 4.97. The minimum atomic E-state index is 0.312. The maximum absolute atomic E-state index is 11.6. The summed E-state index contributed by atoms with van der Waals surface area (Å²) in [6, 6.07) is 0.583. The Labute approximate surface area is 153 Å². The van der Waals surface area contributed by atoms with Gasteiger partial charge in [-0.3, -0.25) is 14.7 Å². The molecule has 25 heavy (non-hydrogen) atoms. The Kier molecular flexibility index (Phi) is 8.52. The van der Waals surface area contributed by atoms with E-state index in [1.165, 1.54) is 25.9 Å². The van der Waals surface area contributed by atoms with Crippen LogP contribution in [0.1, 0.15) is 52.9 Å². The molecule has 0 aromatic heterocycles. The topological polar surface area (TPSA) is 60.0 Å². The van der Waals surface area contributed by atoms with Gasteiger partial charge in [-0.05, 0) is 45.1 Å². The van der Waals surface area contributed by atoms with Crippen molar-refractivity contribution < 1.29 is 4.79 Å². The molecule has 0 aliphatic carbocycles. The van der Waals surface area contributed by atoms with E-state index in [-0.39, 0.29) is 0 Å². The van der Waals surface area contributed by atoms with E-state index in [0.717, 1.165) is 57.9 Å². The first-order valence-electron chi connectivity index (χ1n) is 10.1. The number of carbonyl (C=O) groups is 1. The van der Waals surface area contributed by atoms with Crippen LogP contribution in [-0.4, -0.2) is 73.5 Å². The second kappa shape index (κ2) is 10.6. The highest BCUT2D eigenvalue weighted by Gasteiger charge is 2.24. The third-order valence-electron chi connectivity index (χ3n) is 4.97. The molecule has 1 amide bonds. The maximum Gasteiger partial charge on any atom is 0.222 e. The van der Waals surface area contributed by atoms with E-state index in [0.29, 0.717) is 17.9 Å². The number of nitrogens with zero attached hydrogens (tertiary/aromatic N) is 3. The smallest absolute Gasteiger partial charge is 0.222 e. The van der Waals surface area contributed by atoms with E-state index in [9.17, 15) is 4.79 Å². The zero-order chi connectivity index (χ0) is 18.1. The van der Waals surface area contributed by atoms with Crippen LogP contribution < -0.4 is 10.6 Å². The fourth-order valence-electron chi connectivity index (χ4n) is 3.77. The van der Waals surface area contributed by atoms with Gasteiger partial charge in [0.05, 0.1) is 6.54 Å². The number of amides is 1. The highest BCUT2D eigenvalue weighted by Crippen LogP contribution is 2.18. The number of aliphatic imine (C=N–C) groups is 1. The van der Waals surface area contributed by atoms with Crippen molar-refractivity contribution in [2.45, 2.75) is 58.9 Å². The first-order valence-corrected chi connectivity index (χ1v) is 10.1. The van der Waals surface area contributed by atoms with Gasteiger partial charge in [-0.2, -0.15) is 0 Å². The molecule has 2 saturated heterocycles. The summed E-state index contributed by atoms with van der Waals surface area (Å²) in [6.45, 7) is 13.4. The lowest BCUT2D eigenvalue weighted by Crippen LogP contribution is -2.40. The fraction of sp³-hybridized carbons (Fsp3) is 0.895. The van der Waals surface area contributed by atoms with Crippen molar-refractivity contribution in [3.63, 3.8) is 0 Å². The lowest BCUT2D eigenvalue weighted by atomic mass is 10.2. The SMILES string of the molecule is CCNC(=NC[C@H]1CCCN1CC(C)C)NCCCN1CCCC1=O. The van der Waals surface area contributed by atoms with Crippen LogP contribution in [0.2, 0.25) is 0 Å². The Morgan fingerprint density at radius 3 is 2.80 bits per heavy atom. The summed E-state index contributed by atoms with van der Waals surface area (Å²) >= 11 is 0. The molecule has 2 N–H and O–H groups in total. The molecular formula is C19H37N5O. The minimum Gasteiger partial charge on any atom is -0.357 e. The molecule has 1 atom stereocenters. The van der Waals surface area contributed by atoms with Crippen LogP contribution in [0.15, 0.2) is 4.99 Å². The summed E-state index contributed by atoms with van der Waals surface area (Å²) in [5.41, 5.74) is 0. The second-order valence-electron chi connectivity index (χ2n) is 7.67. The van der Waals surface area contributed by atoms with Gasteiger partial charge in [0.1, 0.15) is 0 Å². The molecule has 0 unspecified atom stereocenters. The normalized spacial score (nSPS) is 22.2. The molecule has 2 aliphatic heterocycles. The Morgan fingerprint density at radius 2 is 2.12 bits per heavy atom. The van der Waals surface area contributed by atoms with Crippen molar-refractivity contribution in [3.8, 4) is 0 Å². The standard InChI is InChI=1S/C19H37N5O/c1-4-20-19(21-10-7-13-23-11-6-9-18(23)25)22-14-17-8-5-12-24(17)15-16(2)3/h16-17H,4-15H2,1-3H3,(H2,20,21,22)/t17-/m1/s1. The summed E-state index contributed by atoms with van der Waals surface area (Å²) in [6.07, 6.45) is 5.27. The summed E-state index contributed by atoms with van der Waals surface area (Å²) in [7, 11) is 0. The van der Waals surface area contributed by atoms with E-state index in [1.54, 1.807) is 0 Å². The van der Waals surface area contributed by atoms with Gasteiger partial charge < -0.3 is 15.5 Å². The Bertz CT molecular complexity index is 438. The predicted octanol–water partition coefficient (Wildman–Crippen LogP) is 1.67. The molecule has 6 nitrogen and oxygen atoms in total. The maximum atomic E-state index is 11.6. The summed E-state index contributed by atoms with van der Waals surface area (Å²) in [5, 5.41) is 6.76. The first kappa shape index (κ1) is 20.0. The number of nitrogens with one attached hydrogen (secondary N) is 2. The van der Waals surface area contributed by atoms with Gasteiger partial charge >= 0.3 is 0 Å². The first-order chi connectivity index (χ1) is 12.1. The highest BCUT2D eigenvalue weighted by atomic mass is 16.2. The second-order valence-corrected chi connectivity index (χ2v) is 7.67. The molecule has 144 valence electrons. The van der Waals surface area contributed by atoms with Crippen molar-refractivity contribution >= 4 is 11.9 Å². The van der Waals surface area contributed by atoms with Gasteiger partial charge in [0.25, 0.3) is 0 Å². The molecule has 0 aromatic carbocycles. The molecule has 2 rings (SSSR count). The predicted molar refractivity (Wildman–Crippen MR) is 104 cm³/mol. The highest BCUT2D eigenvalue weighted by molar-refractivity contribution is 5.79. The Hall–Kier alpha value is -1.30. The monoisotopic (exact) mass is 351 g/mol. The average molecular weight is 352 g/mol. The van der Waals surface area contributed by atoms with Crippen molar-refractivity contribution in [2.24, 2.45) is 10.9 Å². The Balaban J connectivity index is 1.72. The molecule has 2 aliphatic rings. The number of hydrogen-bond donors (Lipinski definition) is 2. The zero-order valence-electron chi connectivity index (χ0n) is 16.4. The molecular weight excluding hydrogens is 314 g/mol. The summed E-state index contributed by atoms with van der Waals surface area (Å²) < 4.78 is 0. The van der Waals surface area contributed by atoms with Gasteiger partial charge in [0, 0.05) is 45.2 Å². The molecule has 0 radical (unpaired) electrons. The quantitative estimate of drug-likeness (QED) is 0.377. The number of guanidine groups is 1. The van der Waals surface area contributed by atoms with Gasteiger partial charge in [0.15, 0.2) is 5.96 Å². The third kappa shape index (κ3) is 6.84. The van der Waals surface area contributed by atoms with Gasteiger partial charge in [0.2, 0.25) is 5.91 Å². The van der Waals surface area contributed by atoms with Crippen LogP contribution in [0, 0.1) is 5.92 Å². The van der Waals surface area contributed by atoms with E-state index < -0.39 is 0 Å². The van der Waals surface area contributed by atoms with Crippen molar-refractivity contribution in [2.75, 3.05) is 45.8 Å². The van der Waals surface area contributed by atoms with Crippen LogP contribution in [0.25, 0.3) is 0 Å². The molecule has 0 spiro atoms. The molecule has 0 aromatic rings. The summed E-state index contributed by atoms with van der Waals surface area (Å²) in [5.74, 6) is 1.93. The molecule has 0 bridgehead atoms. The molecule has 2 fully saturated rings. The van der Waals surface area contributed by atoms with E-state index in [1.807, 2.05) is 4.90 Å². The Morgan fingerprint density at radius 1 is 1.28 bits per heavy atom. The van der Waals surface area contributed by atoms with E-state index in [2.05, 4.69) is 36.3 Å². The van der Waals surface area contributed by atoms with Crippen molar-refractivity contribution in [1.82, 2.24) is 20.4 Å². The number of rotatable bonds is 9. The van der Waals surface area contributed by atoms with Crippen molar-refractivity contribution in [3.05, 3.63) is 0 Å². The van der Waals surface area contributed by atoms with E-state index >= 15 is 0 Å². The lowest BCUT2D eigenvalue weighted by Gasteiger charge is -2.25. The van der Waals surface area contributed by atoms with Gasteiger partial charge in [-0.25, -0.2) is 0 Å². The van der Waals surface area contributed by atoms with Crippen LogP contribution in [-0.2, 0) is 4.79 Å². The molecule has 2 heterocycles. The zero-order valence-corrected chi connectivity index (χ0v) is 16.4. The fourth-order valence-corrected chi connectivity index (χ4v) is 3.77. The lowest BCUT2D eigenvalue weighted by molar-refractivity contribution is -0.127. The van der Waals surface area contributed by atoms with Crippen molar-refractivity contribution in [1.29, 1.82) is 0 Å². The largest absolute Gasteiger partial charge is 0.357 e. The van der Waals surface area contributed by atoms with Crippen LogP contribution >= 0.6 is 0 Å². The number of carbonyl (C=O) groups excluding carboxylic acids is 1. The average Bonchev–Trinajstić information content (AvgIpc) is 3.17. The van der Waals surface area contributed by atoms with E-state index in [4.69, 9.17) is 4.99 Å². The van der Waals surface area contributed by atoms with Gasteiger partial charge in [-0.1, -0.05) is 13.8 Å². The number of likely N-dealkylation sites (tertiary alicyclic amines) is 2. The van der Waals surface area contributed by atoms with Crippen LogP contribution in [0.5, 0.6) is 0 Å². The minimum absolute atomic E-state index is 0.312. The van der Waals surface area contributed by atoms with Crippen LogP contribution in [0.4, 0.5) is 0 Å². The summed E-state index contributed by atoms with van der Waals surface area (Å²) in [4.78, 5) is 21.0. The number of hydrogen-bond acceptors (Lipinski definition) is 3.